The van der Waals surface area contributed by atoms with Crippen molar-refractivity contribution in [1.82, 2.24) is 0 Å². The third-order valence-electron chi connectivity index (χ3n) is 3.85. The normalized spacial score (nSPS) is 13.7. The first kappa shape index (κ1) is 18.1. The zero-order chi connectivity index (χ0) is 18.7. The number of halogens is 1. The molecule has 1 aliphatic rings. The van der Waals surface area contributed by atoms with E-state index in [0.29, 0.717) is 41.0 Å². The van der Waals surface area contributed by atoms with E-state index in [2.05, 4.69) is 0 Å². The lowest BCUT2D eigenvalue weighted by Crippen LogP contribution is -2.24. The Morgan fingerprint density at radius 1 is 1.08 bits per heavy atom. The summed E-state index contributed by atoms with van der Waals surface area (Å²) in [6.45, 7) is 2.30. The number of esters is 1. The van der Waals surface area contributed by atoms with E-state index in [-0.39, 0.29) is 11.3 Å². The molecule has 136 valence electrons. The van der Waals surface area contributed by atoms with Crippen LogP contribution in [0.25, 0.3) is 0 Å². The minimum absolute atomic E-state index is 0.210. The minimum atomic E-state index is -0.956. The molecule has 7 heteroatoms. The summed E-state index contributed by atoms with van der Waals surface area (Å²) < 4.78 is 21.5. The fourth-order valence-electron chi connectivity index (χ4n) is 2.52. The van der Waals surface area contributed by atoms with Gasteiger partial charge >= 0.3 is 5.97 Å². The van der Waals surface area contributed by atoms with E-state index in [9.17, 15) is 9.59 Å². The van der Waals surface area contributed by atoms with E-state index in [4.69, 9.17) is 30.5 Å². The second kappa shape index (κ2) is 7.66. The standard InChI is InChI=1S/C19H17ClO6/c1-11(17(21)12-3-5-14(20)6-4-12)26-19(22)13-9-15(23-2)18-16(10-13)24-7-8-25-18/h3-6,9-11H,7-8H2,1-2H3/t11-/m0/s1. The lowest BCUT2D eigenvalue weighted by molar-refractivity contribution is 0.0317. The lowest BCUT2D eigenvalue weighted by Gasteiger charge is -2.21. The van der Waals surface area contributed by atoms with E-state index in [0.717, 1.165) is 0 Å². The Hall–Kier alpha value is -2.73. The van der Waals surface area contributed by atoms with Crippen LogP contribution in [0.4, 0.5) is 0 Å². The Bertz CT molecular complexity index is 813. The van der Waals surface area contributed by atoms with Crippen LogP contribution in [0.5, 0.6) is 17.2 Å². The molecule has 0 saturated heterocycles. The zero-order valence-electron chi connectivity index (χ0n) is 14.3. The molecule has 0 unspecified atom stereocenters. The number of benzene rings is 2. The highest BCUT2D eigenvalue weighted by Crippen LogP contribution is 2.40. The molecule has 0 N–H and O–H groups in total. The van der Waals surface area contributed by atoms with Crippen molar-refractivity contribution in [3.63, 3.8) is 0 Å². The van der Waals surface area contributed by atoms with Crippen LogP contribution in [0.1, 0.15) is 27.6 Å². The molecule has 1 atom stereocenters. The van der Waals surface area contributed by atoms with Crippen LogP contribution in [-0.2, 0) is 4.74 Å². The number of rotatable bonds is 5. The molecule has 6 nitrogen and oxygen atoms in total. The number of methoxy groups -OCH3 is 1. The third kappa shape index (κ3) is 3.75. The zero-order valence-corrected chi connectivity index (χ0v) is 15.0. The average Bonchev–Trinajstić information content (AvgIpc) is 2.66. The Balaban J connectivity index is 1.77. The molecule has 0 spiro atoms. The van der Waals surface area contributed by atoms with Crippen LogP contribution in [0, 0.1) is 0 Å². The maximum Gasteiger partial charge on any atom is 0.339 e. The molecular weight excluding hydrogens is 360 g/mol. The van der Waals surface area contributed by atoms with Gasteiger partial charge in [-0.05, 0) is 43.3 Å². The number of Topliss-reactive ketones (excluding diaryl/α,β-unsaturated/α-hetero) is 1. The summed E-state index contributed by atoms with van der Waals surface area (Å²) in [5.74, 6) is 0.236. The van der Waals surface area contributed by atoms with Gasteiger partial charge in [-0.15, -0.1) is 0 Å². The number of fused-ring (bicyclic) bond motifs is 1. The summed E-state index contributed by atoms with van der Waals surface area (Å²) in [6, 6.07) is 9.39. The van der Waals surface area contributed by atoms with Gasteiger partial charge in [0.1, 0.15) is 13.2 Å². The van der Waals surface area contributed by atoms with Gasteiger partial charge in [0.25, 0.3) is 0 Å². The van der Waals surface area contributed by atoms with Gasteiger partial charge in [-0.25, -0.2) is 4.79 Å². The first-order valence-corrected chi connectivity index (χ1v) is 8.36. The molecule has 2 aromatic carbocycles. The largest absolute Gasteiger partial charge is 0.493 e. The summed E-state index contributed by atoms with van der Waals surface area (Å²) in [5, 5.41) is 0.523. The molecule has 0 radical (unpaired) electrons. The number of hydrogen-bond donors (Lipinski definition) is 0. The van der Waals surface area contributed by atoms with Crippen LogP contribution in [-0.4, -0.2) is 38.2 Å². The monoisotopic (exact) mass is 376 g/mol. The van der Waals surface area contributed by atoms with Crippen LogP contribution in [0.2, 0.25) is 5.02 Å². The van der Waals surface area contributed by atoms with Gasteiger partial charge in [0.05, 0.1) is 12.7 Å². The topological polar surface area (TPSA) is 71.1 Å². The molecule has 1 aliphatic heterocycles. The molecule has 0 bridgehead atoms. The Kier molecular flexibility index (Phi) is 5.32. The van der Waals surface area contributed by atoms with E-state index in [1.165, 1.54) is 26.2 Å². The fraction of sp³-hybridized carbons (Fsp3) is 0.263. The van der Waals surface area contributed by atoms with Crippen LogP contribution >= 0.6 is 11.6 Å². The SMILES string of the molecule is COc1cc(C(=O)O[C@@H](C)C(=O)c2ccc(Cl)cc2)cc2c1OCCO2. The van der Waals surface area contributed by atoms with E-state index < -0.39 is 12.1 Å². The molecule has 0 aromatic heterocycles. The quantitative estimate of drug-likeness (QED) is 0.587. The average molecular weight is 377 g/mol. The van der Waals surface area contributed by atoms with Crippen LogP contribution in [0.15, 0.2) is 36.4 Å². The van der Waals surface area contributed by atoms with Crippen molar-refractivity contribution in [3.8, 4) is 17.2 Å². The number of ketones is 1. The summed E-state index contributed by atoms with van der Waals surface area (Å²) in [4.78, 5) is 24.8. The predicted molar refractivity (Wildman–Crippen MR) is 94.6 cm³/mol. The molecule has 26 heavy (non-hydrogen) atoms. The minimum Gasteiger partial charge on any atom is -0.493 e. The van der Waals surface area contributed by atoms with Gasteiger partial charge in [0.2, 0.25) is 11.5 Å². The van der Waals surface area contributed by atoms with Gasteiger partial charge in [-0.2, -0.15) is 0 Å². The Morgan fingerprint density at radius 2 is 1.77 bits per heavy atom. The molecule has 2 aromatic rings. The van der Waals surface area contributed by atoms with Crippen LogP contribution < -0.4 is 14.2 Å². The molecule has 0 aliphatic carbocycles. The maximum absolute atomic E-state index is 12.5. The van der Waals surface area contributed by atoms with Crippen molar-refractivity contribution in [2.45, 2.75) is 13.0 Å². The number of ether oxygens (including phenoxy) is 4. The second-order valence-electron chi connectivity index (χ2n) is 5.62. The van der Waals surface area contributed by atoms with Crippen molar-refractivity contribution >= 4 is 23.4 Å². The van der Waals surface area contributed by atoms with Crippen molar-refractivity contribution in [3.05, 3.63) is 52.5 Å². The molecular formula is C19H17ClO6. The molecule has 0 amide bonds. The fourth-order valence-corrected chi connectivity index (χ4v) is 2.65. The summed E-state index contributed by atoms with van der Waals surface area (Å²) in [7, 11) is 1.47. The highest BCUT2D eigenvalue weighted by atomic mass is 35.5. The molecule has 3 rings (SSSR count). The highest BCUT2D eigenvalue weighted by molar-refractivity contribution is 6.30. The van der Waals surface area contributed by atoms with Crippen molar-refractivity contribution in [2.75, 3.05) is 20.3 Å². The van der Waals surface area contributed by atoms with Crippen LogP contribution in [0.3, 0.4) is 0 Å². The smallest absolute Gasteiger partial charge is 0.339 e. The first-order chi connectivity index (χ1) is 12.5. The number of hydrogen-bond acceptors (Lipinski definition) is 6. The molecule has 0 fully saturated rings. The Morgan fingerprint density at radius 3 is 2.46 bits per heavy atom. The van der Waals surface area contributed by atoms with E-state index >= 15 is 0 Å². The summed E-state index contributed by atoms with van der Waals surface area (Å²) >= 11 is 5.82. The van der Waals surface area contributed by atoms with Gasteiger partial charge in [0.15, 0.2) is 17.6 Å². The van der Waals surface area contributed by atoms with Crippen molar-refractivity contribution < 1.29 is 28.5 Å². The second-order valence-corrected chi connectivity index (χ2v) is 6.06. The molecule has 1 heterocycles. The predicted octanol–water partition coefficient (Wildman–Crippen LogP) is 3.55. The molecule has 0 saturated carbocycles. The van der Waals surface area contributed by atoms with E-state index in [1.807, 2.05) is 0 Å². The third-order valence-corrected chi connectivity index (χ3v) is 4.10. The Labute approximate surface area is 155 Å². The van der Waals surface area contributed by atoms with Crippen molar-refractivity contribution in [1.29, 1.82) is 0 Å². The lowest BCUT2D eigenvalue weighted by atomic mass is 10.1. The van der Waals surface area contributed by atoms with Crippen molar-refractivity contribution in [2.24, 2.45) is 0 Å². The van der Waals surface area contributed by atoms with Gasteiger partial charge in [-0.1, -0.05) is 11.6 Å². The highest BCUT2D eigenvalue weighted by Gasteiger charge is 2.24. The maximum atomic E-state index is 12.5. The van der Waals surface area contributed by atoms with Gasteiger partial charge in [-0.3, -0.25) is 4.79 Å². The summed E-state index contributed by atoms with van der Waals surface area (Å²) in [6.07, 6.45) is -0.956. The van der Waals surface area contributed by atoms with Gasteiger partial charge < -0.3 is 18.9 Å². The first-order valence-electron chi connectivity index (χ1n) is 7.98. The number of carbonyl (C=O) groups excluding carboxylic acids is 2. The van der Waals surface area contributed by atoms with E-state index in [1.54, 1.807) is 24.3 Å². The van der Waals surface area contributed by atoms with Gasteiger partial charge in [0, 0.05) is 10.6 Å². The summed E-state index contributed by atoms with van der Waals surface area (Å²) in [5.41, 5.74) is 0.622. The number of carbonyl (C=O) groups is 2.